The molecule has 0 radical (unpaired) electrons. The molecule has 0 spiro atoms. The molecule has 59 heavy (non-hydrogen) atoms. The SMILES string of the molecule is CC1C=Cc2c3c(n(-c4cc(-n5c6ccccc6c6ccccc65)c(-n5c6ccccc6c6ccccc65)cc4-n4c5ccccc5c5ccccc54)c2C1)CCC=C3. The number of aromatic nitrogens is 4. The van der Waals surface area contributed by atoms with Crippen LogP contribution in [0.25, 0.3) is 100 Å². The van der Waals surface area contributed by atoms with Gasteiger partial charge >= 0.3 is 0 Å². The zero-order chi connectivity index (χ0) is 38.8. The minimum Gasteiger partial charge on any atom is -0.315 e. The van der Waals surface area contributed by atoms with Gasteiger partial charge in [0.2, 0.25) is 0 Å². The van der Waals surface area contributed by atoms with Crippen LogP contribution in [0.5, 0.6) is 0 Å². The third-order valence-corrected chi connectivity index (χ3v) is 13.2. The normalized spacial score (nSPS) is 15.0. The van der Waals surface area contributed by atoms with Crippen molar-refractivity contribution in [1.82, 2.24) is 18.3 Å². The molecule has 4 heterocycles. The van der Waals surface area contributed by atoms with Crippen molar-refractivity contribution in [2.75, 3.05) is 0 Å². The molecule has 0 aliphatic heterocycles. The summed E-state index contributed by atoms with van der Waals surface area (Å²) in [6, 6.07) is 58.6. The lowest BCUT2D eigenvalue weighted by Gasteiger charge is -2.26. The van der Waals surface area contributed by atoms with Crippen molar-refractivity contribution in [2.24, 2.45) is 5.92 Å². The van der Waals surface area contributed by atoms with Gasteiger partial charge in [0.05, 0.1) is 55.8 Å². The monoisotopic (exact) mass is 756 g/mol. The van der Waals surface area contributed by atoms with E-state index in [1.54, 1.807) is 0 Å². The third kappa shape index (κ3) is 4.54. The highest BCUT2D eigenvalue weighted by molar-refractivity contribution is 6.13. The number of para-hydroxylation sites is 6. The Morgan fingerprint density at radius 1 is 0.390 bits per heavy atom. The smallest absolute Gasteiger partial charge is 0.0725 e. The molecule has 13 rings (SSSR count). The van der Waals surface area contributed by atoms with Gasteiger partial charge in [-0.2, -0.15) is 0 Å². The molecule has 280 valence electrons. The summed E-state index contributed by atoms with van der Waals surface area (Å²) in [6.07, 6.45) is 12.5. The highest BCUT2D eigenvalue weighted by atomic mass is 15.1. The van der Waals surface area contributed by atoms with Gasteiger partial charge in [0.15, 0.2) is 0 Å². The Kier molecular flexibility index (Phi) is 6.86. The minimum absolute atomic E-state index is 0.437. The number of rotatable bonds is 4. The lowest BCUT2D eigenvalue weighted by Crippen LogP contribution is -2.15. The second kappa shape index (κ2) is 12.3. The van der Waals surface area contributed by atoms with Crippen LogP contribution >= 0.6 is 0 Å². The van der Waals surface area contributed by atoms with E-state index in [-0.39, 0.29) is 0 Å². The van der Waals surface area contributed by atoms with Crippen LogP contribution in [0.3, 0.4) is 0 Å². The predicted molar refractivity (Wildman–Crippen MR) is 248 cm³/mol. The van der Waals surface area contributed by atoms with Crippen molar-refractivity contribution in [3.05, 3.63) is 192 Å². The van der Waals surface area contributed by atoms with Crippen LogP contribution in [-0.4, -0.2) is 18.3 Å². The topological polar surface area (TPSA) is 19.7 Å². The molecule has 1 unspecified atom stereocenters. The average Bonchev–Trinajstić information content (AvgIpc) is 4.01. The molecule has 0 saturated heterocycles. The van der Waals surface area contributed by atoms with Crippen molar-refractivity contribution in [3.8, 4) is 22.7 Å². The van der Waals surface area contributed by atoms with Gasteiger partial charge in [0, 0.05) is 54.8 Å². The summed E-state index contributed by atoms with van der Waals surface area (Å²) in [5.74, 6) is 0.437. The van der Waals surface area contributed by atoms with E-state index >= 15 is 0 Å². The van der Waals surface area contributed by atoms with Crippen molar-refractivity contribution < 1.29 is 0 Å². The fourth-order valence-corrected chi connectivity index (χ4v) is 10.7. The molecule has 2 aliphatic carbocycles. The third-order valence-electron chi connectivity index (χ3n) is 13.2. The zero-order valence-corrected chi connectivity index (χ0v) is 32.8. The van der Waals surface area contributed by atoms with Crippen molar-refractivity contribution in [2.45, 2.75) is 26.2 Å². The van der Waals surface area contributed by atoms with E-state index in [0.717, 1.165) is 30.6 Å². The van der Waals surface area contributed by atoms with E-state index in [2.05, 4.69) is 207 Å². The average molecular weight is 757 g/mol. The Morgan fingerprint density at radius 2 is 0.729 bits per heavy atom. The number of allylic oxidation sites excluding steroid dienone is 2. The van der Waals surface area contributed by atoms with Gasteiger partial charge in [0.1, 0.15) is 0 Å². The molecule has 0 saturated carbocycles. The lowest BCUT2D eigenvalue weighted by atomic mass is 9.92. The summed E-state index contributed by atoms with van der Waals surface area (Å²) >= 11 is 0. The summed E-state index contributed by atoms with van der Waals surface area (Å²) in [5.41, 5.74) is 17.4. The Balaban J connectivity index is 1.28. The molecular weight excluding hydrogens is 717 g/mol. The fourth-order valence-electron chi connectivity index (χ4n) is 10.7. The Bertz CT molecular complexity index is 3450. The zero-order valence-electron chi connectivity index (χ0n) is 32.8. The van der Waals surface area contributed by atoms with Crippen LogP contribution < -0.4 is 0 Å². The van der Waals surface area contributed by atoms with Crippen LogP contribution in [-0.2, 0) is 12.8 Å². The molecule has 1 atom stereocenters. The van der Waals surface area contributed by atoms with Gasteiger partial charge in [-0.1, -0.05) is 140 Å². The molecule has 11 aromatic rings. The second-order valence-corrected chi connectivity index (χ2v) is 16.5. The summed E-state index contributed by atoms with van der Waals surface area (Å²) in [5, 5.41) is 7.53. The van der Waals surface area contributed by atoms with Gasteiger partial charge in [-0.05, 0) is 73.7 Å². The maximum absolute atomic E-state index is 2.68. The Labute approximate surface area is 341 Å². The first-order chi connectivity index (χ1) is 29.2. The summed E-state index contributed by atoms with van der Waals surface area (Å²) in [6.45, 7) is 2.36. The fraction of sp³-hybridized carbons (Fsp3) is 0.0909. The van der Waals surface area contributed by atoms with Crippen molar-refractivity contribution in [3.63, 3.8) is 0 Å². The first-order valence-electron chi connectivity index (χ1n) is 21.0. The standard InChI is InChI=1S/C55H40N4/c1-35-30-31-43-42-22-8-15-29-50(42)59(51(43)32-35)55-34-53(57-46-25-11-4-18-38(46)39-19-5-12-26-47(39)57)52(56-44-23-9-2-16-36(44)37-17-3-10-24-45(37)56)33-54(55)58-48-27-13-6-20-40(48)41-21-7-14-28-49(41)58/h2-14,16-28,30-31,33-35H,15,29,32H2,1H3. The van der Waals surface area contributed by atoms with Crippen molar-refractivity contribution in [1.29, 1.82) is 0 Å². The lowest BCUT2D eigenvalue weighted by molar-refractivity contribution is 0.679. The summed E-state index contributed by atoms with van der Waals surface area (Å²) in [7, 11) is 0. The van der Waals surface area contributed by atoms with Gasteiger partial charge in [0.25, 0.3) is 0 Å². The Morgan fingerprint density at radius 3 is 1.12 bits per heavy atom. The maximum atomic E-state index is 2.68. The number of hydrogen-bond donors (Lipinski definition) is 0. The highest BCUT2D eigenvalue weighted by Gasteiger charge is 2.30. The van der Waals surface area contributed by atoms with E-state index < -0.39 is 0 Å². The quantitative estimate of drug-likeness (QED) is 0.170. The van der Waals surface area contributed by atoms with E-state index in [4.69, 9.17) is 0 Å². The van der Waals surface area contributed by atoms with Gasteiger partial charge in [-0.25, -0.2) is 0 Å². The molecule has 7 aromatic carbocycles. The van der Waals surface area contributed by atoms with Crippen LogP contribution in [0, 0.1) is 5.92 Å². The van der Waals surface area contributed by atoms with Crippen LogP contribution in [0.1, 0.15) is 35.9 Å². The molecule has 0 amide bonds. The predicted octanol–water partition coefficient (Wildman–Crippen LogP) is 13.9. The molecule has 0 bridgehead atoms. The van der Waals surface area contributed by atoms with Crippen LogP contribution in [0.4, 0.5) is 0 Å². The van der Waals surface area contributed by atoms with Gasteiger partial charge in [-0.15, -0.1) is 0 Å². The maximum Gasteiger partial charge on any atom is 0.0725 e. The number of hydrogen-bond acceptors (Lipinski definition) is 0. The van der Waals surface area contributed by atoms with E-state index in [1.807, 2.05) is 0 Å². The highest BCUT2D eigenvalue weighted by Crippen LogP contribution is 2.45. The molecule has 4 aromatic heterocycles. The number of nitrogens with zero attached hydrogens (tertiary/aromatic N) is 4. The first kappa shape index (κ1) is 32.8. The van der Waals surface area contributed by atoms with Gasteiger partial charge < -0.3 is 18.3 Å². The van der Waals surface area contributed by atoms with Crippen LogP contribution in [0.15, 0.2) is 170 Å². The van der Waals surface area contributed by atoms with Crippen molar-refractivity contribution >= 4 is 77.6 Å². The summed E-state index contributed by atoms with van der Waals surface area (Å²) < 4.78 is 10.3. The second-order valence-electron chi connectivity index (χ2n) is 16.5. The molecular formula is C55H40N4. The van der Waals surface area contributed by atoms with E-state index in [1.165, 1.54) is 99.3 Å². The molecule has 4 heteroatoms. The minimum atomic E-state index is 0.437. The first-order valence-corrected chi connectivity index (χ1v) is 21.0. The number of benzene rings is 7. The molecule has 4 nitrogen and oxygen atoms in total. The van der Waals surface area contributed by atoms with Gasteiger partial charge in [-0.3, -0.25) is 0 Å². The molecule has 2 aliphatic rings. The van der Waals surface area contributed by atoms with Crippen LogP contribution in [0.2, 0.25) is 0 Å². The van der Waals surface area contributed by atoms with E-state index in [9.17, 15) is 0 Å². The molecule has 0 N–H and O–H groups in total. The number of fused-ring (bicyclic) bond motifs is 12. The van der Waals surface area contributed by atoms with E-state index in [0.29, 0.717) is 5.92 Å². The largest absolute Gasteiger partial charge is 0.315 e. The summed E-state index contributed by atoms with van der Waals surface area (Å²) in [4.78, 5) is 0. The molecule has 0 fully saturated rings. The Hall–Kier alpha value is -7.30.